The number of benzene rings is 1. The molecule has 1 aromatic rings. The Kier molecular flexibility index (Phi) is 6.68. The molecule has 4 rings (SSSR count). The molecule has 31 heavy (non-hydrogen) atoms. The summed E-state index contributed by atoms with van der Waals surface area (Å²) in [6.45, 7) is -0.569. The zero-order chi connectivity index (χ0) is 22.4. The van der Waals surface area contributed by atoms with Crippen molar-refractivity contribution >= 4 is 84.4 Å². The maximum atomic E-state index is 12.8. The minimum atomic E-state index is -0.676. The zero-order valence-electron chi connectivity index (χ0n) is 16.0. The van der Waals surface area contributed by atoms with Gasteiger partial charge >= 0.3 is 5.97 Å². The molecule has 166 valence electrons. The Morgan fingerprint density at radius 3 is 2.32 bits per heavy atom. The van der Waals surface area contributed by atoms with Crippen LogP contribution >= 0.6 is 55.1 Å². The van der Waals surface area contributed by atoms with E-state index in [1.54, 1.807) is 18.2 Å². The van der Waals surface area contributed by atoms with E-state index in [9.17, 15) is 19.2 Å². The van der Waals surface area contributed by atoms with Crippen LogP contribution in [0.4, 0.5) is 5.69 Å². The number of nitrogens with one attached hydrogen (secondary N) is 1. The van der Waals surface area contributed by atoms with Gasteiger partial charge < -0.3 is 10.1 Å². The van der Waals surface area contributed by atoms with E-state index in [0.29, 0.717) is 5.69 Å². The summed E-state index contributed by atoms with van der Waals surface area (Å²) in [5.74, 6) is -2.09. The number of rotatable bonds is 6. The zero-order valence-corrected chi connectivity index (χ0v) is 20.7. The number of esters is 1. The molecule has 3 aliphatic rings. The van der Waals surface area contributed by atoms with Crippen LogP contribution < -0.4 is 5.32 Å². The van der Waals surface area contributed by atoms with E-state index in [1.165, 1.54) is 4.90 Å². The van der Waals surface area contributed by atoms with Crippen molar-refractivity contribution in [3.8, 4) is 0 Å². The van der Waals surface area contributed by atoms with Crippen LogP contribution in [0.25, 0.3) is 0 Å². The highest BCUT2D eigenvalue weighted by atomic mass is 79.9. The second kappa shape index (κ2) is 9.00. The van der Waals surface area contributed by atoms with Gasteiger partial charge in [-0.2, -0.15) is 0 Å². The average molecular weight is 597 g/mol. The van der Waals surface area contributed by atoms with E-state index in [1.807, 2.05) is 0 Å². The number of hydrogen-bond acceptors (Lipinski definition) is 5. The van der Waals surface area contributed by atoms with Crippen molar-refractivity contribution in [2.75, 3.05) is 18.5 Å². The Bertz CT molecular complexity index is 929. The molecular weight excluding hydrogens is 579 g/mol. The molecule has 2 saturated carbocycles. The van der Waals surface area contributed by atoms with Gasteiger partial charge in [-0.3, -0.25) is 24.1 Å². The van der Waals surface area contributed by atoms with Crippen LogP contribution in [-0.4, -0.2) is 51.4 Å². The van der Waals surface area contributed by atoms with Gasteiger partial charge in [-0.05, 0) is 30.4 Å². The molecule has 0 aromatic heterocycles. The lowest BCUT2D eigenvalue weighted by Crippen LogP contribution is -2.37. The summed E-state index contributed by atoms with van der Waals surface area (Å²) in [6, 6.07) is 4.77. The fraction of sp³-hybridized carbons (Fsp3) is 0.500. The summed E-state index contributed by atoms with van der Waals surface area (Å²) in [5.41, 5.74) is 0.305. The predicted molar refractivity (Wildman–Crippen MR) is 121 cm³/mol. The van der Waals surface area contributed by atoms with Crippen molar-refractivity contribution in [2.24, 2.45) is 23.7 Å². The van der Waals surface area contributed by atoms with Gasteiger partial charge in [0.25, 0.3) is 5.91 Å². The SMILES string of the molecule is O=C(COC(=O)CCN1C(=O)[C@@H]2[C@H]3C[C@@H]([C@H](Br)[C@@H]3Br)[C@@H]2C1=O)Nc1cccc(Cl)c1Cl. The standard InChI is InChI=1S/C20H18Br2Cl2N2O5/c21-16-8-6-9(17(16)22)15-14(8)19(29)26(20(15)30)5-4-13(28)31-7-12(27)25-11-3-1-2-10(23)18(11)24/h1-3,8-9,14-17H,4-7H2,(H,25,27)/t8-,9-,14-,15+,16-,17+/m1/s1. The van der Waals surface area contributed by atoms with Crippen LogP contribution in [0.1, 0.15) is 12.8 Å². The average Bonchev–Trinajstić information content (AvgIpc) is 3.33. The number of hydrogen-bond donors (Lipinski definition) is 1. The number of alkyl halides is 2. The minimum absolute atomic E-state index is 0.0510. The number of halogens is 4. The molecule has 11 heteroatoms. The predicted octanol–water partition coefficient (Wildman–Crippen LogP) is 3.64. The summed E-state index contributed by atoms with van der Waals surface area (Å²) >= 11 is 19.2. The number of carbonyl (C=O) groups is 4. The van der Waals surface area contributed by atoms with E-state index < -0.39 is 18.5 Å². The topological polar surface area (TPSA) is 92.8 Å². The third-order valence-electron chi connectivity index (χ3n) is 6.21. The highest BCUT2D eigenvalue weighted by molar-refractivity contribution is 9.12. The van der Waals surface area contributed by atoms with Gasteiger partial charge in [0.1, 0.15) is 0 Å². The summed E-state index contributed by atoms with van der Waals surface area (Å²) < 4.78 is 4.97. The number of imide groups is 1. The molecule has 2 bridgehead atoms. The fourth-order valence-electron chi connectivity index (χ4n) is 4.84. The van der Waals surface area contributed by atoms with E-state index in [2.05, 4.69) is 37.2 Å². The lowest BCUT2D eigenvalue weighted by molar-refractivity contribution is -0.149. The first-order valence-corrected chi connectivity index (χ1v) is 12.3. The maximum absolute atomic E-state index is 12.8. The lowest BCUT2D eigenvalue weighted by atomic mass is 9.81. The maximum Gasteiger partial charge on any atom is 0.308 e. The van der Waals surface area contributed by atoms with Gasteiger partial charge in [0.2, 0.25) is 11.8 Å². The number of ether oxygens (including phenoxy) is 1. The molecule has 0 radical (unpaired) electrons. The van der Waals surface area contributed by atoms with Crippen LogP contribution in [-0.2, 0) is 23.9 Å². The number of fused-ring (bicyclic) bond motifs is 5. The molecule has 6 atom stereocenters. The molecule has 1 aliphatic heterocycles. The van der Waals surface area contributed by atoms with Crippen molar-refractivity contribution in [1.29, 1.82) is 0 Å². The monoisotopic (exact) mass is 594 g/mol. The Hall–Kier alpha value is -1.16. The molecule has 1 saturated heterocycles. The van der Waals surface area contributed by atoms with Crippen LogP contribution in [0.15, 0.2) is 18.2 Å². The van der Waals surface area contributed by atoms with Gasteiger partial charge in [0.05, 0.1) is 34.0 Å². The van der Waals surface area contributed by atoms with Crippen molar-refractivity contribution in [2.45, 2.75) is 22.5 Å². The Balaban J connectivity index is 1.27. The van der Waals surface area contributed by atoms with Gasteiger partial charge in [-0.15, -0.1) is 0 Å². The highest BCUT2D eigenvalue weighted by Gasteiger charge is 2.66. The van der Waals surface area contributed by atoms with Crippen LogP contribution in [0.2, 0.25) is 10.0 Å². The first kappa shape index (κ1) is 23.0. The Morgan fingerprint density at radius 2 is 1.71 bits per heavy atom. The molecule has 3 fully saturated rings. The minimum Gasteiger partial charge on any atom is -0.456 e. The number of nitrogens with zero attached hydrogens (tertiary/aromatic N) is 1. The molecule has 0 unspecified atom stereocenters. The fourth-order valence-corrected chi connectivity index (χ4v) is 7.06. The van der Waals surface area contributed by atoms with E-state index in [4.69, 9.17) is 27.9 Å². The normalized spacial score (nSPS) is 31.2. The summed E-state index contributed by atoms with van der Waals surface area (Å²) in [5, 5.41) is 2.98. The third kappa shape index (κ3) is 4.14. The number of likely N-dealkylation sites (tertiary alicyclic amines) is 1. The summed E-state index contributed by atoms with van der Waals surface area (Å²) in [7, 11) is 0. The van der Waals surface area contributed by atoms with Gasteiger partial charge in [0, 0.05) is 16.2 Å². The van der Waals surface area contributed by atoms with Crippen LogP contribution in [0, 0.1) is 23.7 Å². The molecule has 1 aromatic carbocycles. The van der Waals surface area contributed by atoms with Gasteiger partial charge in [-0.1, -0.05) is 61.1 Å². The van der Waals surface area contributed by atoms with Crippen LogP contribution in [0.5, 0.6) is 0 Å². The Morgan fingerprint density at radius 1 is 1.10 bits per heavy atom. The first-order chi connectivity index (χ1) is 14.7. The van der Waals surface area contributed by atoms with Crippen LogP contribution in [0.3, 0.4) is 0 Å². The van der Waals surface area contributed by atoms with Crippen molar-refractivity contribution in [3.05, 3.63) is 28.2 Å². The van der Waals surface area contributed by atoms with Gasteiger partial charge in [-0.25, -0.2) is 0 Å². The molecule has 3 amide bonds. The van der Waals surface area contributed by atoms with Gasteiger partial charge in [0.15, 0.2) is 6.61 Å². The van der Waals surface area contributed by atoms with Crippen molar-refractivity contribution in [1.82, 2.24) is 4.90 Å². The number of amides is 3. The van der Waals surface area contributed by atoms with E-state index >= 15 is 0 Å². The Labute approximate surface area is 205 Å². The smallest absolute Gasteiger partial charge is 0.308 e. The molecule has 1 heterocycles. The molecule has 1 N–H and O–H groups in total. The quantitative estimate of drug-likeness (QED) is 0.308. The van der Waals surface area contributed by atoms with Crippen molar-refractivity contribution in [3.63, 3.8) is 0 Å². The summed E-state index contributed by atoms with van der Waals surface area (Å²) in [6.07, 6.45) is 0.674. The second-order valence-electron chi connectivity index (χ2n) is 7.89. The molecule has 2 aliphatic carbocycles. The lowest BCUT2D eigenvalue weighted by Gasteiger charge is -2.28. The number of carbonyl (C=O) groups excluding carboxylic acids is 4. The third-order valence-corrected chi connectivity index (χ3v) is 10.2. The highest BCUT2D eigenvalue weighted by Crippen LogP contribution is 2.60. The van der Waals surface area contributed by atoms with E-state index in [-0.39, 0.29) is 68.2 Å². The van der Waals surface area contributed by atoms with Crippen molar-refractivity contribution < 1.29 is 23.9 Å². The van der Waals surface area contributed by atoms with E-state index in [0.717, 1.165) is 6.42 Å². The molecule has 0 spiro atoms. The molecule has 7 nitrogen and oxygen atoms in total. The first-order valence-electron chi connectivity index (χ1n) is 9.73. The molecular formula is C20H18Br2Cl2N2O5. The summed E-state index contributed by atoms with van der Waals surface area (Å²) in [4.78, 5) is 51.2. The number of anilines is 1. The second-order valence-corrected chi connectivity index (χ2v) is 10.8. The largest absolute Gasteiger partial charge is 0.456 e.